The summed E-state index contributed by atoms with van der Waals surface area (Å²) in [5, 5.41) is 3.99. The van der Waals surface area contributed by atoms with E-state index in [0.717, 1.165) is 39.0 Å². The van der Waals surface area contributed by atoms with Crippen LogP contribution in [-0.4, -0.2) is 18.0 Å². The van der Waals surface area contributed by atoms with Gasteiger partial charge in [-0.15, -0.1) is 0 Å². The number of fused-ring (bicyclic) bond motifs is 1. The number of methoxy groups -OCH3 is 1. The second-order valence-electron chi connectivity index (χ2n) is 5.87. The lowest BCUT2D eigenvalue weighted by molar-refractivity contribution is 0.102. The van der Waals surface area contributed by atoms with Crippen LogP contribution in [0.4, 0.5) is 5.69 Å². The Morgan fingerprint density at radius 2 is 1.74 bits per heavy atom. The van der Waals surface area contributed by atoms with E-state index in [4.69, 9.17) is 4.74 Å². The molecule has 0 unspecified atom stereocenters. The van der Waals surface area contributed by atoms with Crippen molar-refractivity contribution in [3.8, 4) is 5.75 Å². The van der Waals surface area contributed by atoms with Crippen LogP contribution in [0.5, 0.6) is 5.75 Å². The smallest absolute Gasteiger partial charge is 0.272 e. The molecule has 0 spiro atoms. The summed E-state index contributed by atoms with van der Waals surface area (Å²) >= 11 is 0. The summed E-state index contributed by atoms with van der Waals surface area (Å²) in [7, 11) is 1.63. The Kier molecular flexibility index (Phi) is 3.82. The number of hydrogen-bond donors (Lipinski definition) is 2. The van der Waals surface area contributed by atoms with Crippen molar-refractivity contribution in [3.63, 3.8) is 0 Å². The number of carbonyl (C=O) groups is 1. The molecule has 4 heteroatoms. The SMILES string of the molecule is COc1ccc2c(C)c(C(=O)Nc3cc(C)cc(C)c3)[nH]c2c1. The summed E-state index contributed by atoms with van der Waals surface area (Å²) < 4.78 is 5.23. The van der Waals surface area contributed by atoms with Gasteiger partial charge in [-0.1, -0.05) is 6.07 Å². The number of hydrogen-bond acceptors (Lipinski definition) is 2. The molecule has 0 bridgehead atoms. The van der Waals surface area contributed by atoms with Gasteiger partial charge in [-0.2, -0.15) is 0 Å². The summed E-state index contributed by atoms with van der Waals surface area (Å²) in [6.07, 6.45) is 0. The molecule has 2 N–H and O–H groups in total. The topological polar surface area (TPSA) is 54.1 Å². The first-order valence-corrected chi connectivity index (χ1v) is 7.54. The fraction of sp³-hybridized carbons (Fsp3) is 0.211. The summed E-state index contributed by atoms with van der Waals surface area (Å²) in [6.45, 7) is 5.98. The van der Waals surface area contributed by atoms with Gasteiger partial charge >= 0.3 is 0 Å². The first-order valence-electron chi connectivity index (χ1n) is 7.54. The first-order chi connectivity index (χ1) is 11.0. The van der Waals surface area contributed by atoms with Crippen molar-refractivity contribution in [1.29, 1.82) is 0 Å². The van der Waals surface area contributed by atoms with Gasteiger partial charge in [0.2, 0.25) is 0 Å². The molecule has 0 aliphatic carbocycles. The van der Waals surface area contributed by atoms with Crippen LogP contribution in [0.1, 0.15) is 27.2 Å². The van der Waals surface area contributed by atoms with E-state index in [9.17, 15) is 4.79 Å². The molecule has 3 rings (SSSR count). The van der Waals surface area contributed by atoms with E-state index in [-0.39, 0.29) is 5.91 Å². The quantitative estimate of drug-likeness (QED) is 0.755. The largest absolute Gasteiger partial charge is 0.497 e. The van der Waals surface area contributed by atoms with Gasteiger partial charge in [-0.25, -0.2) is 0 Å². The third-order valence-electron chi connectivity index (χ3n) is 3.97. The van der Waals surface area contributed by atoms with Gasteiger partial charge in [-0.05, 0) is 61.7 Å². The minimum Gasteiger partial charge on any atom is -0.497 e. The molecule has 118 valence electrons. The van der Waals surface area contributed by atoms with Gasteiger partial charge in [0, 0.05) is 22.7 Å². The van der Waals surface area contributed by atoms with E-state index in [1.54, 1.807) is 7.11 Å². The van der Waals surface area contributed by atoms with Crippen molar-refractivity contribution in [2.24, 2.45) is 0 Å². The zero-order valence-electron chi connectivity index (χ0n) is 13.8. The van der Waals surface area contributed by atoms with Crippen LogP contribution < -0.4 is 10.1 Å². The van der Waals surface area contributed by atoms with Gasteiger partial charge in [0.15, 0.2) is 0 Å². The molecule has 23 heavy (non-hydrogen) atoms. The Labute approximate surface area is 135 Å². The maximum atomic E-state index is 12.6. The molecule has 1 aromatic heterocycles. The molecule has 4 nitrogen and oxygen atoms in total. The monoisotopic (exact) mass is 308 g/mol. The molecule has 0 saturated carbocycles. The lowest BCUT2D eigenvalue weighted by atomic mass is 10.1. The maximum absolute atomic E-state index is 12.6. The number of carbonyl (C=O) groups excluding carboxylic acids is 1. The zero-order valence-corrected chi connectivity index (χ0v) is 13.8. The highest BCUT2D eigenvalue weighted by Gasteiger charge is 2.15. The highest BCUT2D eigenvalue weighted by molar-refractivity contribution is 6.08. The van der Waals surface area contributed by atoms with Crippen molar-refractivity contribution in [2.45, 2.75) is 20.8 Å². The van der Waals surface area contributed by atoms with Crippen molar-refractivity contribution in [1.82, 2.24) is 4.98 Å². The van der Waals surface area contributed by atoms with Crippen molar-refractivity contribution in [2.75, 3.05) is 12.4 Å². The number of nitrogens with one attached hydrogen (secondary N) is 2. The highest BCUT2D eigenvalue weighted by Crippen LogP contribution is 2.26. The maximum Gasteiger partial charge on any atom is 0.272 e. The number of H-pyrrole nitrogens is 1. The molecular formula is C19H20N2O2. The number of aromatic nitrogens is 1. The van der Waals surface area contributed by atoms with Gasteiger partial charge in [0.25, 0.3) is 5.91 Å². The predicted molar refractivity (Wildman–Crippen MR) is 93.5 cm³/mol. The van der Waals surface area contributed by atoms with Gasteiger partial charge in [0.1, 0.15) is 11.4 Å². The summed E-state index contributed by atoms with van der Waals surface area (Å²) in [4.78, 5) is 15.8. The minimum absolute atomic E-state index is 0.136. The number of rotatable bonds is 3. The Balaban J connectivity index is 1.95. The zero-order chi connectivity index (χ0) is 16.6. The predicted octanol–water partition coefficient (Wildman–Crippen LogP) is 4.35. The Morgan fingerprint density at radius 1 is 1.04 bits per heavy atom. The third-order valence-corrected chi connectivity index (χ3v) is 3.97. The van der Waals surface area contributed by atoms with E-state index >= 15 is 0 Å². The van der Waals surface area contributed by atoms with Crippen LogP contribution in [0.2, 0.25) is 0 Å². The van der Waals surface area contributed by atoms with Gasteiger partial charge < -0.3 is 15.0 Å². The summed E-state index contributed by atoms with van der Waals surface area (Å²) in [6, 6.07) is 11.8. The molecule has 0 radical (unpaired) electrons. The second kappa shape index (κ2) is 5.80. The lowest BCUT2D eigenvalue weighted by Crippen LogP contribution is -2.13. The van der Waals surface area contributed by atoms with E-state index < -0.39 is 0 Å². The number of benzene rings is 2. The van der Waals surface area contributed by atoms with Crippen LogP contribution >= 0.6 is 0 Å². The van der Waals surface area contributed by atoms with Crippen molar-refractivity contribution in [3.05, 3.63) is 58.8 Å². The summed E-state index contributed by atoms with van der Waals surface area (Å²) in [5.74, 6) is 0.627. The Bertz CT molecular complexity index is 874. The van der Waals surface area contributed by atoms with E-state index in [1.165, 1.54) is 0 Å². The Hall–Kier alpha value is -2.75. The molecule has 3 aromatic rings. The van der Waals surface area contributed by atoms with Crippen LogP contribution in [0.3, 0.4) is 0 Å². The molecule has 0 saturated heterocycles. The average molecular weight is 308 g/mol. The highest BCUT2D eigenvalue weighted by atomic mass is 16.5. The van der Waals surface area contributed by atoms with E-state index in [2.05, 4.69) is 16.4 Å². The molecule has 1 amide bonds. The number of ether oxygens (including phenoxy) is 1. The van der Waals surface area contributed by atoms with Crippen LogP contribution in [0.15, 0.2) is 36.4 Å². The number of aromatic amines is 1. The molecule has 0 aliphatic rings. The first kappa shape index (κ1) is 15.2. The van der Waals surface area contributed by atoms with Crippen LogP contribution in [0.25, 0.3) is 10.9 Å². The fourth-order valence-corrected chi connectivity index (χ4v) is 2.91. The molecular weight excluding hydrogens is 288 g/mol. The fourth-order valence-electron chi connectivity index (χ4n) is 2.91. The van der Waals surface area contributed by atoms with Crippen molar-refractivity contribution >= 4 is 22.5 Å². The van der Waals surface area contributed by atoms with E-state index in [1.807, 2.05) is 51.1 Å². The standard InChI is InChI=1S/C19H20N2O2/c1-11-7-12(2)9-14(8-11)20-19(22)18-13(3)16-6-5-15(23-4)10-17(16)21-18/h5-10,21H,1-4H3,(H,20,22). The molecule has 0 fully saturated rings. The van der Waals surface area contributed by atoms with Crippen molar-refractivity contribution < 1.29 is 9.53 Å². The molecule has 2 aromatic carbocycles. The normalized spacial score (nSPS) is 10.8. The lowest BCUT2D eigenvalue weighted by Gasteiger charge is -2.07. The molecule has 0 atom stereocenters. The number of aryl methyl sites for hydroxylation is 3. The Morgan fingerprint density at radius 3 is 2.39 bits per heavy atom. The van der Waals surface area contributed by atoms with E-state index in [0.29, 0.717) is 5.69 Å². The minimum atomic E-state index is -0.136. The summed E-state index contributed by atoms with van der Waals surface area (Å²) in [5.41, 5.74) is 5.46. The number of amides is 1. The molecule has 1 heterocycles. The van der Waals surface area contributed by atoms with Crippen LogP contribution in [0, 0.1) is 20.8 Å². The average Bonchev–Trinajstić information content (AvgIpc) is 2.82. The van der Waals surface area contributed by atoms with Gasteiger partial charge in [0.05, 0.1) is 7.11 Å². The number of anilines is 1. The van der Waals surface area contributed by atoms with Gasteiger partial charge in [-0.3, -0.25) is 4.79 Å². The third kappa shape index (κ3) is 2.93. The van der Waals surface area contributed by atoms with Crippen LogP contribution in [-0.2, 0) is 0 Å². The second-order valence-corrected chi connectivity index (χ2v) is 5.87. The molecule has 0 aliphatic heterocycles.